The van der Waals surface area contributed by atoms with Crippen molar-refractivity contribution in [1.82, 2.24) is 10.6 Å². The van der Waals surface area contributed by atoms with E-state index in [0.29, 0.717) is 36.7 Å². The molecule has 0 aliphatic heterocycles. The van der Waals surface area contributed by atoms with E-state index in [4.69, 9.17) is 0 Å². The summed E-state index contributed by atoms with van der Waals surface area (Å²) in [4.78, 5) is 35.2. The number of nitrogens with one attached hydrogen (secondary N) is 3. The van der Waals surface area contributed by atoms with E-state index in [0.717, 1.165) is 12.8 Å². The van der Waals surface area contributed by atoms with Crippen LogP contribution in [0.1, 0.15) is 43.5 Å². The topological polar surface area (TPSA) is 87.3 Å². The Kier molecular flexibility index (Phi) is 6.35. The Balaban J connectivity index is 1.70. The third kappa shape index (κ3) is 6.02. The molecule has 0 bridgehead atoms. The fourth-order valence-electron chi connectivity index (χ4n) is 2.22. The summed E-state index contributed by atoms with van der Waals surface area (Å²) in [5.74, 6) is 0.310. The van der Waals surface area contributed by atoms with Gasteiger partial charge in [0.15, 0.2) is 0 Å². The third-order valence-electron chi connectivity index (χ3n) is 3.69. The molecule has 2 rings (SSSR count). The predicted octanol–water partition coefficient (Wildman–Crippen LogP) is 1.93. The fraction of sp³-hybridized carbons (Fsp3) is 0.500. The highest BCUT2D eigenvalue weighted by Crippen LogP contribution is 2.30. The lowest BCUT2D eigenvalue weighted by Gasteiger charge is -2.09. The zero-order valence-electron chi connectivity index (χ0n) is 14.2. The van der Waals surface area contributed by atoms with Crippen molar-refractivity contribution in [2.24, 2.45) is 11.8 Å². The lowest BCUT2D eigenvalue weighted by Crippen LogP contribution is -2.35. The van der Waals surface area contributed by atoms with Crippen LogP contribution >= 0.6 is 0 Å². The molecule has 3 N–H and O–H groups in total. The number of carbonyl (C=O) groups excluding carboxylic acids is 3. The van der Waals surface area contributed by atoms with Crippen molar-refractivity contribution in [3.05, 3.63) is 29.8 Å². The average Bonchev–Trinajstić information content (AvgIpc) is 3.36. The third-order valence-corrected chi connectivity index (χ3v) is 3.69. The molecule has 0 aromatic heterocycles. The normalized spacial score (nSPS) is 13.5. The second-order valence-electron chi connectivity index (χ2n) is 6.54. The Labute approximate surface area is 142 Å². The van der Waals surface area contributed by atoms with Crippen LogP contribution in [0.5, 0.6) is 0 Å². The molecular weight excluding hydrogens is 306 g/mol. The SMILES string of the molecule is CC(C)CC(=O)NCCNC(=O)c1ccc(NC(=O)C2CC2)cc1. The van der Waals surface area contributed by atoms with E-state index in [9.17, 15) is 14.4 Å². The van der Waals surface area contributed by atoms with Gasteiger partial charge in [-0.3, -0.25) is 14.4 Å². The monoisotopic (exact) mass is 331 g/mol. The van der Waals surface area contributed by atoms with Gasteiger partial charge in [-0.15, -0.1) is 0 Å². The molecule has 1 aromatic rings. The van der Waals surface area contributed by atoms with Gasteiger partial charge in [-0.05, 0) is 43.0 Å². The van der Waals surface area contributed by atoms with Gasteiger partial charge in [0.2, 0.25) is 11.8 Å². The molecule has 0 atom stereocenters. The van der Waals surface area contributed by atoms with Crippen molar-refractivity contribution >= 4 is 23.4 Å². The molecule has 6 nitrogen and oxygen atoms in total. The molecule has 0 heterocycles. The van der Waals surface area contributed by atoms with Gasteiger partial charge < -0.3 is 16.0 Å². The number of anilines is 1. The van der Waals surface area contributed by atoms with Gasteiger partial charge in [0.1, 0.15) is 0 Å². The highest BCUT2D eigenvalue weighted by atomic mass is 16.2. The summed E-state index contributed by atoms with van der Waals surface area (Å²) in [6.07, 6.45) is 2.40. The second-order valence-corrected chi connectivity index (χ2v) is 6.54. The minimum atomic E-state index is -0.201. The molecular formula is C18H25N3O3. The Morgan fingerprint density at radius 2 is 1.67 bits per heavy atom. The molecule has 3 amide bonds. The number of rotatable bonds is 8. The lowest BCUT2D eigenvalue weighted by atomic mass is 10.1. The van der Waals surface area contributed by atoms with Crippen molar-refractivity contribution in [2.45, 2.75) is 33.1 Å². The van der Waals surface area contributed by atoms with Crippen LogP contribution in [0.3, 0.4) is 0 Å². The highest BCUT2D eigenvalue weighted by Gasteiger charge is 2.29. The van der Waals surface area contributed by atoms with Crippen LogP contribution in [-0.2, 0) is 9.59 Å². The van der Waals surface area contributed by atoms with Crippen LogP contribution in [-0.4, -0.2) is 30.8 Å². The molecule has 1 aromatic carbocycles. The van der Waals surface area contributed by atoms with Crippen LogP contribution in [0, 0.1) is 11.8 Å². The number of amides is 3. The highest BCUT2D eigenvalue weighted by molar-refractivity contribution is 5.96. The van der Waals surface area contributed by atoms with Crippen LogP contribution in [0.4, 0.5) is 5.69 Å². The van der Waals surface area contributed by atoms with Crippen LogP contribution < -0.4 is 16.0 Å². The minimum absolute atomic E-state index is 0.00462. The molecule has 1 fully saturated rings. The van der Waals surface area contributed by atoms with Gasteiger partial charge in [-0.2, -0.15) is 0 Å². The number of carbonyl (C=O) groups is 3. The Morgan fingerprint density at radius 1 is 1.04 bits per heavy atom. The summed E-state index contributed by atoms with van der Waals surface area (Å²) in [5, 5.41) is 8.35. The minimum Gasteiger partial charge on any atom is -0.354 e. The fourth-order valence-corrected chi connectivity index (χ4v) is 2.22. The average molecular weight is 331 g/mol. The quantitative estimate of drug-likeness (QED) is 0.636. The first-order valence-corrected chi connectivity index (χ1v) is 8.41. The number of benzene rings is 1. The van der Waals surface area contributed by atoms with Crippen molar-refractivity contribution in [1.29, 1.82) is 0 Å². The maximum Gasteiger partial charge on any atom is 0.251 e. The Hall–Kier alpha value is -2.37. The van der Waals surface area contributed by atoms with E-state index in [1.165, 1.54) is 0 Å². The maximum atomic E-state index is 12.0. The summed E-state index contributed by atoms with van der Waals surface area (Å²) in [7, 11) is 0. The molecule has 6 heteroatoms. The predicted molar refractivity (Wildman–Crippen MR) is 92.6 cm³/mol. The summed E-state index contributed by atoms with van der Waals surface area (Å²) in [6.45, 7) is 4.76. The van der Waals surface area contributed by atoms with Gasteiger partial charge in [0.25, 0.3) is 5.91 Å². The zero-order chi connectivity index (χ0) is 17.5. The van der Waals surface area contributed by atoms with Crippen LogP contribution in [0.15, 0.2) is 24.3 Å². The number of hydrogen-bond acceptors (Lipinski definition) is 3. The van der Waals surface area contributed by atoms with Gasteiger partial charge in [-0.25, -0.2) is 0 Å². The van der Waals surface area contributed by atoms with Crippen molar-refractivity contribution in [3.8, 4) is 0 Å². The van der Waals surface area contributed by atoms with E-state index in [1.807, 2.05) is 13.8 Å². The molecule has 130 valence electrons. The van der Waals surface area contributed by atoms with Crippen molar-refractivity contribution in [3.63, 3.8) is 0 Å². The molecule has 1 aliphatic rings. The van der Waals surface area contributed by atoms with E-state index in [1.54, 1.807) is 24.3 Å². The van der Waals surface area contributed by atoms with Gasteiger partial charge >= 0.3 is 0 Å². The first-order valence-electron chi connectivity index (χ1n) is 8.41. The first kappa shape index (κ1) is 18.0. The van der Waals surface area contributed by atoms with Crippen molar-refractivity contribution in [2.75, 3.05) is 18.4 Å². The summed E-state index contributed by atoms with van der Waals surface area (Å²) < 4.78 is 0. The zero-order valence-corrected chi connectivity index (χ0v) is 14.2. The van der Waals surface area contributed by atoms with Gasteiger partial charge in [0.05, 0.1) is 0 Å². The van der Waals surface area contributed by atoms with Crippen LogP contribution in [0.2, 0.25) is 0 Å². The smallest absolute Gasteiger partial charge is 0.251 e. The molecule has 0 unspecified atom stereocenters. The first-order chi connectivity index (χ1) is 11.5. The molecule has 0 radical (unpaired) electrons. The Bertz CT molecular complexity index is 592. The molecule has 24 heavy (non-hydrogen) atoms. The van der Waals surface area contributed by atoms with Gasteiger partial charge in [-0.1, -0.05) is 13.8 Å². The van der Waals surface area contributed by atoms with E-state index in [-0.39, 0.29) is 23.6 Å². The standard InChI is InChI=1S/C18H25N3O3/c1-12(2)11-16(22)19-9-10-20-17(23)13-5-7-15(8-6-13)21-18(24)14-3-4-14/h5-8,12,14H,3-4,9-11H2,1-2H3,(H,19,22)(H,20,23)(H,21,24). The molecule has 0 spiro atoms. The van der Waals surface area contributed by atoms with E-state index >= 15 is 0 Å². The van der Waals surface area contributed by atoms with Crippen LogP contribution in [0.25, 0.3) is 0 Å². The van der Waals surface area contributed by atoms with E-state index < -0.39 is 0 Å². The van der Waals surface area contributed by atoms with Gasteiger partial charge in [0, 0.05) is 36.7 Å². The molecule has 0 saturated heterocycles. The van der Waals surface area contributed by atoms with E-state index in [2.05, 4.69) is 16.0 Å². The molecule has 1 aliphatic carbocycles. The Morgan fingerprint density at radius 3 is 2.25 bits per heavy atom. The molecule has 1 saturated carbocycles. The summed E-state index contributed by atoms with van der Waals surface area (Å²) in [5.41, 5.74) is 1.22. The maximum absolute atomic E-state index is 12.0. The largest absolute Gasteiger partial charge is 0.354 e. The van der Waals surface area contributed by atoms with Crippen molar-refractivity contribution < 1.29 is 14.4 Å². The number of hydrogen-bond donors (Lipinski definition) is 3. The lowest BCUT2D eigenvalue weighted by molar-refractivity contribution is -0.121. The summed E-state index contributed by atoms with van der Waals surface area (Å²) in [6, 6.07) is 6.80. The summed E-state index contributed by atoms with van der Waals surface area (Å²) >= 11 is 0. The second kappa shape index (κ2) is 8.47.